The van der Waals surface area contributed by atoms with Gasteiger partial charge < -0.3 is 60.0 Å². The third-order valence-electron chi connectivity index (χ3n) is 4.41. The molecule has 4 rings (SSSR count). The predicted molar refractivity (Wildman–Crippen MR) is 130 cm³/mol. The van der Waals surface area contributed by atoms with Crippen LogP contribution in [0.25, 0.3) is 0 Å². The Morgan fingerprint density at radius 1 is 0.341 bits per heavy atom. The van der Waals surface area contributed by atoms with Gasteiger partial charge in [-0.25, -0.2) is 0 Å². The van der Waals surface area contributed by atoms with Crippen molar-refractivity contribution in [2.24, 2.45) is 0 Å². The number of rotatable bonds is 4. The minimum absolute atomic E-state index is 0. The summed E-state index contributed by atoms with van der Waals surface area (Å²) < 4.78 is 0. The van der Waals surface area contributed by atoms with Crippen LogP contribution in [0.15, 0.2) is 97.1 Å². The summed E-state index contributed by atoms with van der Waals surface area (Å²) >= 11 is 0. The number of aromatic hydroxyl groups is 4. The Labute approximate surface area is 251 Å². The second kappa shape index (κ2) is 18.2. The summed E-state index contributed by atoms with van der Waals surface area (Å²) in [4.78, 5) is 40.5. The van der Waals surface area contributed by atoms with Gasteiger partial charge in [0.1, 0.15) is 23.0 Å². The maximum absolute atomic E-state index is 10.1. The third kappa shape index (κ3) is 14.5. The fourth-order valence-corrected chi connectivity index (χ4v) is 2.39. The molecule has 4 aromatic carbocycles. The molecule has 4 aromatic rings. The molecule has 0 aromatic heterocycles. The molecular formula is C28H20O12Zr. The number of carboxylic acid groups (broad SMARTS) is 4. The molecular weight excluding hydrogens is 620 g/mol. The molecule has 0 radical (unpaired) electrons. The smallest absolute Gasteiger partial charge is 0.545 e. The van der Waals surface area contributed by atoms with Gasteiger partial charge in [-0.15, -0.1) is 0 Å². The van der Waals surface area contributed by atoms with E-state index in [-0.39, 0.29) is 71.5 Å². The average Bonchev–Trinajstić information content (AvgIpc) is 2.91. The standard InChI is InChI=1S/4C7H6O3.Zr/c4*8-6-3-1-5(2-4-6)7(9)10;/h4*1-4,8H,(H,9,10);/q;;;;+4/p-4. The first-order valence-electron chi connectivity index (χ1n) is 10.8. The topological polar surface area (TPSA) is 241 Å². The van der Waals surface area contributed by atoms with Crippen molar-refractivity contribution in [1.29, 1.82) is 0 Å². The SMILES string of the molecule is O=C([O-])c1ccc(O)cc1.O=C([O-])c1ccc(O)cc1.O=C([O-])c1ccc(O)cc1.O=C([O-])c1ccc(O)cc1.[Zr+4]. The van der Waals surface area contributed by atoms with Crippen LogP contribution in [0.2, 0.25) is 0 Å². The van der Waals surface area contributed by atoms with E-state index in [0.29, 0.717) is 0 Å². The molecule has 0 aliphatic rings. The first-order chi connectivity index (χ1) is 18.8. The van der Waals surface area contributed by atoms with Crippen LogP contribution in [0.4, 0.5) is 0 Å². The second-order valence-electron chi connectivity index (χ2n) is 7.34. The Kier molecular flexibility index (Phi) is 15.9. The zero-order valence-corrected chi connectivity index (χ0v) is 23.3. The van der Waals surface area contributed by atoms with Gasteiger partial charge in [0, 0.05) is 0 Å². The minimum atomic E-state index is -1.24. The molecule has 208 valence electrons. The molecule has 41 heavy (non-hydrogen) atoms. The predicted octanol–water partition coefficient (Wildman–Crippen LogP) is -0.980. The number of phenols is 4. The molecule has 0 amide bonds. The van der Waals surface area contributed by atoms with Crippen molar-refractivity contribution in [2.45, 2.75) is 0 Å². The van der Waals surface area contributed by atoms with Crippen LogP contribution in [0.1, 0.15) is 41.4 Å². The summed E-state index contributed by atoms with van der Waals surface area (Å²) in [5.41, 5.74) is 0.270. The molecule has 0 aliphatic heterocycles. The average molecular weight is 640 g/mol. The van der Waals surface area contributed by atoms with Crippen LogP contribution >= 0.6 is 0 Å². The molecule has 0 fully saturated rings. The quantitative estimate of drug-likeness (QED) is 0.211. The maximum Gasteiger partial charge on any atom is 4.00 e. The Hall–Kier alpha value is -5.16. The van der Waals surface area contributed by atoms with E-state index in [9.17, 15) is 39.6 Å². The van der Waals surface area contributed by atoms with E-state index in [4.69, 9.17) is 20.4 Å². The monoisotopic (exact) mass is 638 g/mol. The van der Waals surface area contributed by atoms with Gasteiger partial charge in [-0.1, -0.05) is 0 Å². The molecule has 0 atom stereocenters. The maximum atomic E-state index is 10.1. The number of hydrogen-bond donors (Lipinski definition) is 4. The summed E-state index contributed by atoms with van der Waals surface area (Å²) in [6, 6.07) is 20.6. The first kappa shape index (κ1) is 35.8. The van der Waals surface area contributed by atoms with Crippen molar-refractivity contribution in [2.75, 3.05) is 0 Å². The molecule has 0 saturated carbocycles. The van der Waals surface area contributed by atoms with E-state index >= 15 is 0 Å². The van der Waals surface area contributed by atoms with Crippen molar-refractivity contribution < 1.29 is 86.2 Å². The number of carboxylic acids is 4. The zero-order chi connectivity index (χ0) is 30.2. The van der Waals surface area contributed by atoms with Crippen LogP contribution in [0, 0.1) is 0 Å². The Bertz CT molecular complexity index is 1180. The van der Waals surface area contributed by atoms with Gasteiger partial charge >= 0.3 is 26.2 Å². The second-order valence-corrected chi connectivity index (χ2v) is 7.34. The van der Waals surface area contributed by atoms with Crippen LogP contribution < -0.4 is 20.4 Å². The molecule has 0 aliphatic carbocycles. The summed E-state index contributed by atoms with van der Waals surface area (Å²) in [7, 11) is 0. The Balaban J connectivity index is 0.000000516. The van der Waals surface area contributed by atoms with E-state index in [1.165, 1.54) is 97.1 Å². The summed E-state index contributed by atoms with van der Waals surface area (Å²) in [5, 5.41) is 75.4. The molecule has 0 unspecified atom stereocenters. The fourth-order valence-electron chi connectivity index (χ4n) is 2.39. The van der Waals surface area contributed by atoms with Crippen LogP contribution in [0.3, 0.4) is 0 Å². The molecule has 0 saturated heterocycles. The first-order valence-corrected chi connectivity index (χ1v) is 10.8. The summed E-state index contributed by atoms with van der Waals surface area (Å²) in [6.07, 6.45) is 0. The molecule has 4 N–H and O–H groups in total. The van der Waals surface area contributed by atoms with Gasteiger partial charge in [0.15, 0.2) is 0 Å². The summed E-state index contributed by atoms with van der Waals surface area (Å²) in [5.74, 6) is -4.76. The van der Waals surface area contributed by atoms with Crippen molar-refractivity contribution in [1.82, 2.24) is 0 Å². The number of benzene rings is 4. The number of phenolic OH excluding ortho intramolecular Hbond substituents is 4. The van der Waals surface area contributed by atoms with Crippen molar-refractivity contribution >= 4 is 23.9 Å². The van der Waals surface area contributed by atoms with E-state index in [1.54, 1.807) is 0 Å². The summed E-state index contributed by atoms with van der Waals surface area (Å²) in [6.45, 7) is 0. The van der Waals surface area contributed by atoms with Gasteiger partial charge in [0.05, 0.1) is 23.9 Å². The van der Waals surface area contributed by atoms with Crippen LogP contribution in [-0.4, -0.2) is 44.3 Å². The van der Waals surface area contributed by atoms with Crippen molar-refractivity contribution in [3.05, 3.63) is 119 Å². The van der Waals surface area contributed by atoms with E-state index in [2.05, 4.69) is 0 Å². The number of aromatic carboxylic acids is 4. The van der Waals surface area contributed by atoms with E-state index < -0.39 is 23.9 Å². The van der Waals surface area contributed by atoms with E-state index in [0.717, 1.165) is 0 Å². The number of carbonyl (C=O) groups excluding carboxylic acids is 4. The van der Waals surface area contributed by atoms with Gasteiger partial charge in [-0.2, -0.15) is 0 Å². The van der Waals surface area contributed by atoms with Crippen LogP contribution in [0.5, 0.6) is 23.0 Å². The van der Waals surface area contributed by atoms with Gasteiger partial charge in [-0.3, -0.25) is 0 Å². The molecule has 12 nitrogen and oxygen atoms in total. The normalized spacial score (nSPS) is 8.98. The largest absolute Gasteiger partial charge is 4.00 e. The Morgan fingerprint density at radius 2 is 0.463 bits per heavy atom. The van der Waals surface area contributed by atoms with Crippen molar-refractivity contribution in [3.8, 4) is 23.0 Å². The van der Waals surface area contributed by atoms with Gasteiger partial charge in [0.2, 0.25) is 0 Å². The number of hydrogen-bond acceptors (Lipinski definition) is 12. The molecule has 0 heterocycles. The van der Waals surface area contributed by atoms with E-state index in [1.807, 2.05) is 0 Å². The minimum Gasteiger partial charge on any atom is -0.545 e. The molecule has 13 heteroatoms. The third-order valence-corrected chi connectivity index (χ3v) is 4.41. The van der Waals surface area contributed by atoms with Gasteiger partial charge in [0.25, 0.3) is 0 Å². The zero-order valence-electron chi connectivity index (χ0n) is 20.8. The Morgan fingerprint density at radius 3 is 0.561 bits per heavy atom. The van der Waals surface area contributed by atoms with Gasteiger partial charge in [-0.05, 0) is 119 Å². The molecule has 0 spiro atoms. The van der Waals surface area contributed by atoms with Crippen molar-refractivity contribution in [3.63, 3.8) is 0 Å². The van der Waals surface area contributed by atoms with Crippen LogP contribution in [-0.2, 0) is 26.2 Å². The molecule has 0 bridgehead atoms. The fraction of sp³-hybridized carbons (Fsp3) is 0. The number of carbonyl (C=O) groups is 4.